The van der Waals surface area contributed by atoms with E-state index in [4.69, 9.17) is 0 Å². The van der Waals surface area contributed by atoms with Gasteiger partial charge in [0.05, 0.1) is 11.6 Å². The molecule has 0 fully saturated rings. The molecule has 2 aromatic carbocycles. The minimum atomic E-state index is -1.02. The predicted molar refractivity (Wildman–Crippen MR) is 86.2 cm³/mol. The Hall–Kier alpha value is -2.92. The maximum atomic E-state index is 11.6. The van der Waals surface area contributed by atoms with Crippen molar-refractivity contribution in [1.82, 2.24) is 9.78 Å². The highest BCUT2D eigenvalue weighted by Crippen LogP contribution is 2.40. The van der Waals surface area contributed by atoms with Crippen LogP contribution in [0.2, 0.25) is 0 Å². The molecule has 0 spiro atoms. The van der Waals surface area contributed by atoms with E-state index in [0.717, 1.165) is 22.3 Å². The van der Waals surface area contributed by atoms with Crippen molar-refractivity contribution >= 4 is 22.4 Å². The number of aliphatic hydroxyl groups is 1. The van der Waals surface area contributed by atoms with Crippen LogP contribution in [0.25, 0.3) is 16.5 Å². The van der Waals surface area contributed by atoms with Gasteiger partial charge in [-0.1, -0.05) is 36.4 Å². The molecular formula is C18H14N2O3. The average molecular weight is 306 g/mol. The molecule has 4 rings (SSSR count). The van der Waals surface area contributed by atoms with Gasteiger partial charge in [0.2, 0.25) is 0 Å². The summed E-state index contributed by atoms with van der Waals surface area (Å²) in [5, 5.41) is 24.7. The smallest absolute Gasteiger partial charge is 0.354 e. The molecule has 0 saturated carbocycles. The zero-order valence-corrected chi connectivity index (χ0v) is 12.4. The fourth-order valence-electron chi connectivity index (χ4n) is 3.29. The number of benzene rings is 2. The third-order valence-corrected chi connectivity index (χ3v) is 4.25. The predicted octanol–water partition coefficient (Wildman–Crippen LogP) is 2.75. The number of carboxylic acid groups (broad SMARTS) is 1. The number of carbonyl (C=O) groups is 1. The first-order chi connectivity index (χ1) is 11.1. The highest BCUT2D eigenvalue weighted by atomic mass is 16.4. The minimum Gasteiger partial charge on any atom is -0.477 e. The van der Waals surface area contributed by atoms with Gasteiger partial charge in [-0.3, -0.25) is 4.68 Å². The van der Waals surface area contributed by atoms with E-state index in [9.17, 15) is 15.0 Å². The van der Waals surface area contributed by atoms with Crippen molar-refractivity contribution in [2.45, 2.75) is 6.10 Å². The van der Waals surface area contributed by atoms with Gasteiger partial charge >= 0.3 is 5.97 Å². The van der Waals surface area contributed by atoms with Gasteiger partial charge in [-0.15, -0.1) is 0 Å². The van der Waals surface area contributed by atoms with Crippen LogP contribution >= 0.6 is 0 Å². The maximum Gasteiger partial charge on any atom is 0.354 e. The molecule has 23 heavy (non-hydrogen) atoms. The van der Waals surface area contributed by atoms with Crippen LogP contribution in [-0.2, 0) is 7.05 Å². The number of aliphatic hydroxyl groups excluding tert-OH is 1. The lowest BCUT2D eigenvalue weighted by atomic mass is 9.95. The monoisotopic (exact) mass is 306 g/mol. The molecule has 0 saturated heterocycles. The molecule has 1 aromatic heterocycles. The molecular weight excluding hydrogens is 292 g/mol. The Morgan fingerprint density at radius 2 is 1.87 bits per heavy atom. The van der Waals surface area contributed by atoms with Crippen molar-refractivity contribution < 1.29 is 15.0 Å². The van der Waals surface area contributed by atoms with E-state index in [0.29, 0.717) is 10.9 Å². The first-order valence-electron chi connectivity index (χ1n) is 7.26. The summed E-state index contributed by atoms with van der Waals surface area (Å²) in [7, 11) is 1.62. The lowest BCUT2D eigenvalue weighted by molar-refractivity contribution is 0.0687. The van der Waals surface area contributed by atoms with Crippen LogP contribution in [0.1, 0.15) is 33.3 Å². The second-order valence-corrected chi connectivity index (χ2v) is 5.59. The van der Waals surface area contributed by atoms with Crippen LogP contribution in [0.5, 0.6) is 0 Å². The highest BCUT2D eigenvalue weighted by molar-refractivity contribution is 6.08. The van der Waals surface area contributed by atoms with Crippen LogP contribution in [0.4, 0.5) is 0 Å². The summed E-state index contributed by atoms with van der Waals surface area (Å²) in [5.41, 5.74) is 4.15. The minimum absolute atomic E-state index is 0.148. The lowest BCUT2D eigenvalue weighted by Gasteiger charge is -2.08. The number of aromatic nitrogens is 2. The van der Waals surface area contributed by atoms with Crippen molar-refractivity contribution in [3.8, 4) is 0 Å². The number of aryl methyl sites for hydroxylation is 1. The van der Waals surface area contributed by atoms with Crippen LogP contribution in [0.3, 0.4) is 0 Å². The quantitative estimate of drug-likeness (QED) is 0.763. The van der Waals surface area contributed by atoms with E-state index >= 15 is 0 Å². The summed E-state index contributed by atoms with van der Waals surface area (Å²) in [6.45, 7) is 0. The van der Waals surface area contributed by atoms with E-state index in [1.807, 2.05) is 36.4 Å². The van der Waals surface area contributed by atoms with Gasteiger partial charge in [-0.25, -0.2) is 4.79 Å². The zero-order chi connectivity index (χ0) is 16.1. The van der Waals surface area contributed by atoms with E-state index in [1.165, 1.54) is 4.68 Å². The molecule has 2 N–H and O–H groups in total. The Balaban J connectivity index is 2.05. The topological polar surface area (TPSA) is 75.3 Å². The van der Waals surface area contributed by atoms with Crippen molar-refractivity contribution in [1.29, 1.82) is 0 Å². The average Bonchev–Trinajstić information content (AvgIpc) is 3.04. The number of hydrogen-bond acceptors (Lipinski definition) is 3. The van der Waals surface area contributed by atoms with Gasteiger partial charge in [0.25, 0.3) is 0 Å². The molecule has 0 bridgehead atoms. The SMILES string of the molecule is Cn1nc2cccc(C3=CC(O)c4ccccc43)c2c1C(=O)O. The van der Waals surface area contributed by atoms with Crippen molar-refractivity contribution in [2.24, 2.45) is 7.05 Å². The summed E-state index contributed by atoms with van der Waals surface area (Å²) >= 11 is 0. The van der Waals surface area contributed by atoms with Crippen molar-refractivity contribution in [3.63, 3.8) is 0 Å². The Morgan fingerprint density at radius 3 is 2.65 bits per heavy atom. The zero-order valence-electron chi connectivity index (χ0n) is 12.4. The lowest BCUT2D eigenvalue weighted by Crippen LogP contribution is -2.06. The van der Waals surface area contributed by atoms with Gasteiger partial charge in [-0.2, -0.15) is 5.10 Å². The Morgan fingerprint density at radius 1 is 1.13 bits per heavy atom. The molecule has 1 aliphatic rings. The summed E-state index contributed by atoms with van der Waals surface area (Å²) in [6, 6.07) is 13.1. The summed E-state index contributed by atoms with van der Waals surface area (Å²) in [4.78, 5) is 11.6. The second-order valence-electron chi connectivity index (χ2n) is 5.59. The number of carboxylic acids is 1. The third kappa shape index (κ3) is 1.90. The Bertz CT molecular complexity index is 985. The fourth-order valence-corrected chi connectivity index (χ4v) is 3.29. The van der Waals surface area contributed by atoms with Gasteiger partial charge in [0, 0.05) is 12.4 Å². The van der Waals surface area contributed by atoms with Gasteiger partial charge in [-0.05, 0) is 34.4 Å². The number of fused-ring (bicyclic) bond motifs is 2. The molecule has 1 atom stereocenters. The molecule has 3 aromatic rings. The molecule has 1 heterocycles. The van der Waals surface area contributed by atoms with Crippen LogP contribution in [0, 0.1) is 0 Å². The summed E-state index contributed by atoms with van der Waals surface area (Å²) < 4.78 is 1.38. The molecule has 1 aliphatic carbocycles. The van der Waals surface area contributed by atoms with Crippen molar-refractivity contribution in [3.05, 3.63) is 70.9 Å². The van der Waals surface area contributed by atoms with Crippen LogP contribution in [-0.4, -0.2) is 26.0 Å². The Kier molecular flexibility index (Phi) is 2.86. The summed E-state index contributed by atoms with van der Waals surface area (Å²) in [5.74, 6) is -1.02. The van der Waals surface area contributed by atoms with Gasteiger partial charge in [0.1, 0.15) is 0 Å². The summed E-state index contributed by atoms with van der Waals surface area (Å²) in [6.07, 6.45) is 1.08. The van der Waals surface area contributed by atoms with Gasteiger partial charge in [0.15, 0.2) is 5.69 Å². The fraction of sp³-hybridized carbons (Fsp3) is 0.111. The highest BCUT2D eigenvalue weighted by Gasteiger charge is 2.26. The van der Waals surface area contributed by atoms with Crippen LogP contribution < -0.4 is 0 Å². The van der Waals surface area contributed by atoms with E-state index in [-0.39, 0.29) is 5.69 Å². The first-order valence-corrected chi connectivity index (χ1v) is 7.26. The third-order valence-electron chi connectivity index (χ3n) is 4.25. The Labute approximate surface area is 132 Å². The molecule has 1 unspecified atom stereocenters. The standard InChI is InChI=1S/C18H14N2O3/c1-20-17(18(22)23)16-12(7-4-8-14(16)19-20)13-9-15(21)11-6-3-2-5-10(11)13/h2-9,15,21H,1H3,(H,22,23). The van der Waals surface area contributed by atoms with E-state index in [1.54, 1.807) is 19.2 Å². The largest absolute Gasteiger partial charge is 0.477 e. The number of aromatic carboxylic acids is 1. The normalized spacial score (nSPS) is 16.4. The van der Waals surface area contributed by atoms with Crippen LogP contribution in [0.15, 0.2) is 48.5 Å². The second kappa shape index (κ2) is 4.79. The van der Waals surface area contributed by atoms with Crippen molar-refractivity contribution in [2.75, 3.05) is 0 Å². The first kappa shape index (κ1) is 13.7. The number of nitrogens with zero attached hydrogens (tertiary/aromatic N) is 2. The molecule has 114 valence electrons. The molecule has 5 nitrogen and oxygen atoms in total. The maximum absolute atomic E-state index is 11.6. The molecule has 0 amide bonds. The van der Waals surface area contributed by atoms with E-state index < -0.39 is 12.1 Å². The molecule has 5 heteroatoms. The molecule has 0 aliphatic heterocycles. The van der Waals surface area contributed by atoms with E-state index in [2.05, 4.69) is 5.10 Å². The van der Waals surface area contributed by atoms with Gasteiger partial charge < -0.3 is 10.2 Å². The number of hydrogen-bond donors (Lipinski definition) is 2. The molecule has 0 radical (unpaired) electrons. The number of rotatable bonds is 2.